The van der Waals surface area contributed by atoms with Crippen LogP contribution >= 0.6 is 0 Å². The molecule has 0 aromatic carbocycles. The Morgan fingerprint density at radius 2 is 1.86 bits per heavy atom. The zero-order valence-corrected chi connectivity index (χ0v) is 17.8. The van der Waals surface area contributed by atoms with Gasteiger partial charge >= 0.3 is 5.97 Å². The average Bonchev–Trinajstić information content (AvgIpc) is 2.66. The number of nitrogens with one attached hydrogen (secondary N) is 1. The van der Waals surface area contributed by atoms with Gasteiger partial charge in [0, 0.05) is 31.6 Å². The van der Waals surface area contributed by atoms with E-state index in [-0.39, 0.29) is 30.1 Å². The molecule has 0 fully saturated rings. The summed E-state index contributed by atoms with van der Waals surface area (Å²) in [4.78, 5) is 26.6. The van der Waals surface area contributed by atoms with E-state index in [2.05, 4.69) is 37.2 Å². The minimum atomic E-state index is -0.413. The third-order valence-corrected chi connectivity index (χ3v) is 4.93. The van der Waals surface area contributed by atoms with E-state index in [1.807, 2.05) is 18.2 Å². The molecule has 0 spiro atoms. The van der Waals surface area contributed by atoms with Crippen LogP contribution in [0.25, 0.3) is 0 Å². The van der Waals surface area contributed by atoms with E-state index in [4.69, 9.17) is 9.47 Å². The first-order valence-corrected chi connectivity index (χ1v) is 10.2. The zero-order chi connectivity index (χ0) is 21.1. The topological polar surface area (TPSA) is 67.9 Å². The molecule has 0 saturated heterocycles. The molecule has 1 aliphatic carbocycles. The number of nitrogens with zero attached hydrogens (tertiary/aromatic N) is 1. The molecule has 0 unspecified atom stereocenters. The first-order valence-electron chi connectivity index (χ1n) is 10.2. The highest BCUT2D eigenvalue weighted by atomic mass is 16.5. The van der Waals surface area contributed by atoms with Crippen molar-refractivity contribution in [3.63, 3.8) is 0 Å². The molecule has 1 rings (SSSR count). The number of hydrogen-bond donors (Lipinski definition) is 1. The van der Waals surface area contributed by atoms with Crippen molar-refractivity contribution in [2.24, 2.45) is 0 Å². The summed E-state index contributed by atoms with van der Waals surface area (Å²) in [6, 6.07) is -0.417. The Labute approximate surface area is 169 Å². The molecule has 3 atom stereocenters. The van der Waals surface area contributed by atoms with E-state index in [9.17, 15) is 9.59 Å². The highest BCUT2D eigenvalue weighted by molar-refractivity contribution is 5.89. The van der Waals surface area contributed by atoms with Crippen molar-refractivity contribution in [2.45, 2.75) is 71.2 Å². The normalized spacial score (nSPS) is 21.9. The van der Waals surface area contributed by atoms with Gasteiger partial charge in [-0.15, -0.1) is 13.2 Å². The fraction of sp³-hybridized carbons (Fsp3) is 0.636. The maximum absolute atomic E-state index is 12.5. The van der Waals surface area contributed by atoms with Crippen molar-refractivity contribution < 1.29 is 19.1 Å². The second-order valence-electron chi connectivity index (χ2n) is 6.98. The first-order chi connectivity index (χ1) is 13.4. The number of amides is 1. The molecule has 0 saturated carbocycles. The Hall–Kier alpha value is -1.92. The molecule has 6 nitrogen and oxygen atoms in total. The molecule has 0 bridgehead atoms. The number of carbonyl (C=O) groups excluding carboxylic acids is 2. The van der Waals surface area contributed by atoms with Crippen molar-refractivity contribution in [2.75, 3.05) is 19.7 Å². The summed E-state index contributed by atoms with van der Waals surface area (Å²) in [5.41, 5.74) is 0.586. The van der Waals surface area contributed by atoms with E-state index in [0.29, 0.717) is 31.7 Å². The van der Waals surface area contributed by atoms with Gasteiger partial charge in [0.2, 0.25) is 5.91 Å². The Kier molecular flexibility index (Phi) is 10.8. The van der Waals surface area contributed by atoms with Crippen LogP contribution in [0, 0.1) is 0 Å². The maximum Gasteiger partial charge on any atom is 0.333 e. The van der Waals surface area contributed by atoms with Gasteiger partial charge in [-0.2, -0.15) is 0 Å². The lowest BCUT2D eigenvalue weighted by Gasteiger charge is -2.43. The molecular weight excluding hydrogens is 356 g/mol. The predicted molar refractivity (Wildman–Crippen MR) is 112 cm³/mol. The number of carbonyl (C=O) groups is 2. The van der Waals surface area contributed by atoms with Gasteiger partial charge in [0.05, 0.1) is 24.9 Å². The highest BCUT2D eigenvalue weighted by Gasteiger charge is 2.40. The summed E-state index contributed by atoms with van der Waals surface area (Å²) in [5, 5.41) is 3.05. The van der Waals surface area contributed by atoms with Crippen molar-refractivity contribution >= 4 is 11.9 Å². The highest BCUT2D eigenvalue weighted by Crippen LogP contribution is 2.28. The van der Waals surface area contributed by atoms with Crippen molar-refractivity contribution in [1.82, 2.24) is 10.2 Å². The summed E-state index contributed by atoms with van der Waals surface area (Å²) < 4.78 is 11.6. The fourth-order valence-corrected chi connectivity index (χ4v) is 3.59. The zero-order valence-electron chi connectivity index (χ0n) is 17.8. The van der Waals surface area contributed by atoms with Crippen LogP contribution in [0.1, 0.15) is 47.0 Å². The average molecular weight is 393 g/mol. The fourth-order valence-electron chi connectivity index (χ4n) is 3.59. The second-order valence-corrected chi connectivity index (χ2v) is 6.98. The van der Waals surface area contributed by atoms with Crippen molar-refractivity contribution in [1.29, 1.82) is 0 Å². The van der Waals surface area contributed by atoms with E-state index >= 15 is 0 Å². The van der Waals surface area contributed by atoms with Gasteiger partial charge in [-0.05, 0) is 32.3 Å². The summed E-state index contributed by atoms with van der Waals surface area (Å²) in [6.45, 7) is 16.7. The molecule has 1 N–H and O–H groups in total. The molecule has 0 aliphatic heterocycles. The smallest absolute Gasteiger partial charge is 0.333 e. The van der Waals surface area contributed by atoms with Crippen molar-refractivity contribution in [3.8, 4) is 0 Å². The van der Waals surface area contributed by atoms with Crippen LogP contribution in [-0.4, -0.2) is 60.8 Å². The maximum atomic E-state index is 12.5. The lowest BCUT2D eigenvalue weighted by atomic mass is 9.86. The van der Waals surface area contributed by atoms with Crippen LogP contribution in [0.3, 0.4) is 0 Å². The summed E-state index contributed by atoms with van der Waals surface area (Å²) >= 11 is 0. The van der Waals surface area contributed by atoms with E-state index in [0.717, 1.165) is 12.8 Å². The largest absolute Gasteiger partial charge is 0.463 e. The Morgan fingerprint density at radius 1 is 1.25 bits per heavy atom. The monoisotopic (exact) mass is 392 g/mol. The lowest BCUT2D eigenvalue weighted by Crippen LogP contribution is -2.59. The molecule has 0 aromatic heterocycles. The predicted octanol–water partition coefficient (Wildman–Crippen LogP) is 3.00. The molecular formula is C22H36N2O4. The minimum Gasteiger partial charge on any atom is -0.463 e. The third kappa shape index (κ3) is 6.91. The Balaban J connectivity index is 3.34. The SMILES string of the molecule is C=CCN(CC=C)[C@H]1CC(C(=O)OCC)=C[C@@H](OC(CC)CC)[C@@H]1NC(C)=O. The van der Waals surface area contributed by atoms with Gasteiger partial charge in [-0.1, -0.05) is 26.0 Å². The van der Waals surface area contributed by atoms with Crippen LogP contribution in [0.5, 0.6) is 0 Å². The third-order valence-electron chi connectivity index (χ3n) is 4.93. The lowest BCUT2D eigenvalue weighted by molar-refractivity contribution is -0.139. The number of rotatable bonds is 12. The number of hydrogen-bond acceptors (Lipinski definition) is 5. The van der Waals surface area contributed by atoms with Crippen LogP contribution in [-0.2, 0) is 19.1 Å². The number of esters is 1. The van der Waals surface area contributed by atoms with Crippen LogP contribution in [0.2, 0.25) is 0 Å². The van der Waals surface area contributed by atoms with E-state index < -0.39 is 6.10 Å². The molecule has 6 heteroatoms. The van der Waals surface area contributed by atoms with Gasteiger partial charge < -0.3 is 14.8 Å². The molecule has 28 heavy (non-hydrogen) atoms. The summed E-state index contributed by atoms with van der Waals surface area (Å²) in [5.74, 6) is -0.456. The Morgan fingerprint density at radius 3 is 2.32 bits per heavy atom. The minimum absolute atomic E-state index is 0.0481. The van der Waals surface area contributed by atoms with Gasteiger partial charge in [0.1, 0.15) is 0 Å². The molecule has 1 aliphatic rings. The van der Waals surface area contributed by atoms with Crippen LogP contribution < -0.4 is 5.32 Å². The quantitative estimate of drug-likeness (QED) is 0.408. The first kappa shape index (κ1) is 24.1. The molecule has 158 valence electrons. The molecule has 0 aromatic rings. The Bertz CT molecular complexity index is 559. The molecule has 1 amide bonds. The van der Waals surface area contributed by atoms with Crippen molar-refractivity contribution in [3.05, 3.63) is 37.0 Å². The molecule has 0 heterocycles. The van der Waals surface area contributed by atoms with Gasteiger partial charge in [0.25, 0.3) is 0 Å². The second kappa shape index (κ2) is 12.5. The van der Waals surface area contributed by atoms with E-state index in [1.54, 1.807) is 6.92 Å². The van der Waals surface area contributed by atoms with Gasteiger partial charge in [-0.3, -0.25) is 9.69 Å². The van der Waals surface area contributed by atoms with Gasteiger partial charge in [0.15, 0.2) is 0 Å². The molecule has 0 radical (unpaired) electrons. The standard InChI is InChI=1S/C22H36N2O4/c1-7-12-24(13-8-2)19-14-17(22(26)27-11-5)15-20(21(19)23-16(6)25)28-18(9-3)10-4/h7-8,15,18-21H,1-2,9-14H2,3-6H3,(H,23,25)/t19-,20+,21+/m0/s1. The summed E-state index contributed by atoms with van der Waals surface area (Å²) in [7, 11) is 0. The van der Waals surface area contributed by atoms with Crippen LogP contribution in [0.4, 0.5) is 0 Å². The summed E-state index contributed by atoms with van der Waals surface area (Å²) in [6.07, 6.45) is 7.27. The van der Waals surface area contributed by atoms with Gasteiger partial charge in [-0.25, -0.2) is 4.79 Å². The van der Waals surface area contributed by atoms with E-state index in [1.165, 1.54) is 6.92 Å². The number of ether oxygens (including phenoxy) is 2. The van der Waals surface area contributed by atoms with Crippen LogP contribution in [0.15, 0.2) is 37.0 Å².